The van der Waals surface area contributed by atoms with Crippen LogP contribution in [0.4, 0.5) is 11.4 Å². The van der Waals surface area contributed by atoms with E-state index in [4.69, 9.17) is 0 Å². The van der Waals surface area contributed by atoms with Gasteiger partial charge in [-0.1, -0.05) is 12.1 Å². The van der Waals surface area contributed by atoms with E-state index in [9.17, 15) is 23.6 Å². The molecule has 168 valence electrons. The Balaban J connectivity index is 1.78. The molecule has 1 aromatic carbocycles. The molecule has 9 heteroatoms. The number of aromatic nitrogens is 1. The van der Waals surface area contributed by atoms with Crippen LogP contribution in [0, 0.1) is 18.3 Å². The maximum Gasteiger partial charge on any atom is 0.271 e. The molecule has 2 fully saturated rings. The van der Waals surface area contributed by atoms with E-state index < -0.39 is 21.4 Å². The molecule has 0 aliphatic carbocycles. The number of anilines is 1. The molecule has 3 heterocycles. The van der Waals surface area contributed by atoms with Gasteiger partial charge in [0.05, 0.1) is 34.5 Å². The highest BCUT2D eigenvalue weighted by atomic mass is 32.2. The zero-order chi connectivity index (χ0) is 22.9. The summed E-state index contributed by atoms with van der Waals surface area (Å²) in [6, 6.07) is 8.95. The zero-order valence-electron chi connectivity index (χ0n) is 18.0. The first-order valence-corrected chi connectivity index (χ1v) is 12.6. The molecule has 8 nitrogen and oxygen atoms in total. The molecule has 0 bridgehead atoms. The van der Waals surface area contributed by atoms with E-state index in [1.807, 2.05) is 30.3 Å². The van der Waals surface area contributed by atoms with Gasteiger partial charge in [-0.3, -0.25) is 14.4 Å². The van der Waals surface area contributed by atoms with Gasteiger partial charge in [-0.15, -0.1) is 0 Å². The Kier molecular flexibility index (Phi) is 6.07. The number of nitriles is 1. The molecule has 4 rings (SSSR count). The summed E-state index contributed by atoms with van der Waals surface area (Å²) in [6.07, 6.45) is 5.15. The van der Waals surface area contributed by atoms with Crippen LogP contribution in [0.15, 0.2) is 34.1 Å². The summed E-state index contributed by atoms with van der Waals surface area (Å²) in [4.78, 5) is 19.8. The van der Waals surface area contributed by atoms with Crippen molar-refractivity contribution in [2.24, 2.45) is 4.99 Å². The van der Waals surface area contributed by atoms with Gasteiger partial charge in [-0.25, -0.2) is 8.42 Å². The smallest absolute Gasteiger partial charge is 0.271 e. The third-order valence-corrected chi connectivity index (χ3v) is 8.03. The summed E-state index contributed by atoms with van der Waals surface area (Å²) in [5.74, 6) is -0.637. The minimum atomic E-state index is -3.29. The SMILES string of the molecule is Cc1c(C=Nc2ccccc2N2CCCCC2)c(O)n(C2CCS(=O)(=O)C2)c(=O)c1C#N. The highest BCUT2D eigenvalue weighted by molar-refractivity contribution is 7.91. The second-order valence-electron chi connectivity index (χ2n) is 8.38. The number of rotatable bonds is 4. The van der Waals surface area contributed by atoms with E-state index in [0.717, 1.165) is 41.9 Å². The van der Waals surface area contributed by atoms with Crippen molar-refractivity contribution in [3.8, 4) is 11.9 Å². The molecule has 2 aliphatic rings. The number of aliphatic imine (C=N–C) groups is 1. The van der Waals surface area contributed by atoms with Crippen LogP contribution in [-0.2, 0) is 9.84 Å². The standard InChI is InChI=1S/C23H26N4O4S/c1-16-18(13-24)22(28)27(17-9-12-32(30,31)15-17)23(29)19(16)14-25-20-7-3-4-8-21(20)26-10-5-2-6-11-26/h3-4,7-8,14,17,29H,2,5-6,9-12,15H2,1H3. The van der Waals surface area contributed by atoms with Crippen LogP contribution in [0.2, 0.25) is 0 Å². The number of piperidine rings is 1. The number of nitrogens with zero attached hydrogens (tertiary/aromatic N) is 4. The molecule has 2 aliphatic heterocycles. The van der Waals surface area contributed by atoms with Crippen molar-refractivity contribution < 1.29 is 13.5 Å². The second kappa shape index (κ2) is 8.79. The lowest BCUT2D eigenvalue weighted by atomic mass is 10.0. The third kappa shape index (κ3) is 4.15. The van der Waals surface area contributed by atoms with E-state index in [1.165, 1.54) is 12.6 Å². The minimum Gasteiger partial charge on any atom is -0.494 e. The minimum absolute atomic E-state index is 0.0497. The van der Waals surface area contributed by atoms with Crippen LogP contribution < -0.4 is 10.5 Å². The Morgan fingerprint density at radius 2 is 1.94 bits per heavy atom. The molecular formula is C23H26N4O4S. The predicted octanol–water partition coefficient (Wildman–Crippen LogP) is 2.83. The molecular weight excluding hydrogens is 428 g/mol. The highest BCUT2D eigenvalue weighted by Crippen LogP contribution is 2.32. The number of benzene rings is 1. The van der Waals surface area contributed by atoms with E-state index in [2.05, 4.69) is 9.89 Å². The molecule has 32 heavy (non-hydrogen) atoms. The summed E-state index contributed by atoms with van der Waals surface area (Å²) in [5.41, 5.74) is 1.52. The number of para-hydroxylation sites is 2. The Morgan fingerprint density at radius 1 is 1.22 bits per heavy atom. The number of pyridine rings is 1. The monoisotopic (exact) mass is 454 g/mol. The van der Waals surface area contributed by atoms with Crippen molar-refractivity contribution in [2.75, 3.05) is 29.5 Å². The van der Waals surface area contributed by atoms with Crippen molar-refractivity contribution in [2.45, 2.75) is 38.6 Å². The van der Waals surface area contributed by atoms with Gasteiger partial charge in [0.1, 0.15) is 11.6 Å². The van der Waals surface area contributed by atoms with Crippen molar-refractivity contribution in [1.82, 2.24) is 4.57 Å². The zero-order valence-corrected chi connectivity index (χ0v) is 18.8. The molecule has 1 N–H and O–H groups in total. The van der Waals surface area contributed by atoms with E-state index in [-0.39, 0.29) is 34.9 Å². The summed E-state index contributed by atoms with van der Waals surface area (Å²) in [7, 11) is -3.29. The number of hydrogen-bond acceptors (Lipinski definition) is 7. The van der Waals surface area contributed by atoms with Crippen LogP contribution >= 0.6 is 0 Å². The molecule has 2 saturated heterocycles. The Morgan fingerprint density at radius 3 is 2.59 bits per heavy atom. The summed E-state index contributed by atoms with van der Waals surface area (Å²) >= 11 is 0. The Bertz CT molecular complexity index is 1270. The van der Waals surface area contributed by atoms with Gasteiger partial charge in [-0.2, -0.15) is 5.26 Å². The molecule has 2 aromatic rings. The first-order valence-electron chi connectivity index (χ1n) is 10.8. The summed E-state index contributed by atoms with van der Waals surface area (Å²) in [5, 5.41) is 20.5. The summed E-state index contributed by atoms with van der Waals surface area (Å²) in [6.45, 7) is 3.50. The lowest BCUT2D eigenvalue weighted by molar-refractivity contribution is 0.379. The van der Waals surface area contributed by atoms with Gasteiger partial charge in [0.25, 0.3) is 5.56 Å². The highest BCUT2D eigenvalue weighted by Gasteiger charge is 2.33. The summed E-state index contributed by atoms with van der Waals surface area (Å²) < 4.78 is 24.9. The largest absolute Gasteiger partial charge is 0.494 e. The first-order chi connectivity index (χ1) is 15.3. The molecule has 1 aromatic heterocycles. The number of hydrogen-bond donors (Lipinski definition) is 1. The Labute approximate surface area is 187 Å². The second-order valence-corrected chi connectivity index (χ2v) is 10.6. The number of sulfone groups is 1. The fourth-order valence-electron chi connectivity index (χ4n) is 4.52. The van der Waals surface area contributed by atoms with Crippen molar-refractivity contribution in [1.29, 1.82) is 5.26 Å². The molecule has 1 unspecified atom stereocenters. The fourth-order valence-corrected chi connectivity index (χ4v) is 6.22. The van der Waals surface area contributed by atoms with Gasteiger partial charge in [0.15, 0.2) is 9.84 Å². The van der Waals surface area contributed by atoms with Crippen LogP contribution in [-0.4, -0.2) is 48.9 Å². The van der Waals surface area contributed by atoms with Gasteiger partial charge in [-0.05, 0) is 50.3 Å². The number of aromatic hydroxyl groups is 1. The normalized spacial score (nSPS) is 20.5. The van der Waals surface area contributed by atoms with E-state index >= 15 is 0 Å². The molecule has 0 saturated carbocycles. The van der Waals surface area contributed by atoms with Crippen molar-refractivity contribution in [3.05, 3.63) is 51.3 Å². The molecule has 0 radical (unpaired) electrons. The Hall–Kier alpha value is -3.12. The van der Waals surface area contributed by atoms with E-state index in [0.29, 0.717) is 5.56 Å². The predicted molar refractivity (Wildman–Crippen MR) is 124 cm³/mol. The van der Waals surface area contributed by atoms with Crippen molar-refractivity contribution in [3.63, 3.8) is 0 Å². The lowest BCUT2D eigenvalue weighted by Crippen LogP contribution is -2.29. The average molecular weight is 455 g/mol. The van der Waals surface area contributed by atoms with Crippen LogP contribution in [0.3, 0.4) is 0 Å². The van der Waals surface area contributed by atoms with Gasteiger partial charge < -0.3 is 10.0 Å². The van der Waals surface area contributed by atoms with Crippen LogP contribution in [0.5, 0.6) is 5.88 Å². The molecule has 0 amide bonds. The van der Waals surface area contributed by atoms with Crippen LogP contribution in [0.1, 0.15) is 48.4 Å². The quantitative estimate of drug-likeness (QED) is 0.710. The van der Waals surface area contributed by atoms with E-state index in [1.54, 1.807) is 6.92 Å². The van der Waals surface area contributed by atoms with Gasteiger partial charge in [0, 0.05) is 19.3 Å². The maximum atomic E-state index is 12.9. The maximum absolute atomic E-state index is 12.9. The lowest BCUT2D eigenvalue weighted by Gasteiger charge is -2.29. The first kappa shape index (κ1) is 22.1. The molecule has 1 atom stereocenters. The average Bonchev–Trinajstić information content (AvgIpc) is 3.14. The third-order valence-electron chi connectivity index (χ3n) is 6.28. The van der Waals surface area contributed by atoms with Crippen molar-refractivity contribution >= 4 is 27.4 Å². The molecule has 0 spiro atoms. The van der Waals surface area contributed by atoms with Gasteiger partial charge >= 0.3 is 0 Å². The van der Waals surface area contributed by atoms with Gasteiger partial charge in [0.2, 0.25) is 5.88 Å². The van der Waals surface area contributed by atoms with Crippen LogP contribution in [0.25, 0.3) is 0 Å². The fraction of sp³-hybridized carbons (Fsp3) is 0.435. The topological polar surface area (TPSA) is 116 Å².